The van der Waals surface area contributed by atoms with Crippen molar-refractivity contribution in [2.24, 2.45) is 0 Å². The third kappa shape index (κ3) is 6.47. The zero-order valence-corrected chi connectivity index (χ0v) is 19.3. The van der Waals surface area contributed by atoms with E-state index >= 15 is 0 Å². The van der Waals surface area contributed by atoms with Crippen LogP contribution >= 0.6 is 23.2 Å². The quantitative estimate of drug-likeness (QED) is 0.438. The van der Waals surface area contributed by atoms with Crippen molar-refractivity contribution in [2.45, 2.75) is 6.92 Å². The van der Waals surface area contributed by atoms with Gasteiger partial charge in [-0.25, -0.2) is 4.79 Å². The topological polar surface area (TPSA) is 93.7 Å². The van der Waals surface area contributed by atoms with E-state index in [2.05, 4.69) is 10.6 Å². The number of benzene rings is 3. The summed E-state index contributed by atoms with van der Waals surface area (Å²) in [6.07, 6.45) is 0. The van der Waals surface area contributed by atoms with Gasteiger partial charge in [0.05, 0.1) is 29.1 Å². The number of amides is 2. The van der Waals surface area contributed by atoms with Crippen LogP contribution in [0, 0.1) is 6.92 Å². The van der Waals surface area contributed by atoms with E-state index in [1.807, 2.05) is 19.1 Å². The monoisotopic (exact) mass is 486 g/mol. The van der Waals surface area contributed by atoms with Crippen LogP contribution in [-0.2, 0) is 9.53 Å². The van der Waals surface area contributed by atoms with E-state index in [-0.39, 0.29) is 23.4 Å². The molecule has 0 aromatic heterocycles. The summed E-state index contributed by atoms with van der Waals surface area (Å²) >= 11 is 12.1. The Morgan fingerprint density at radius 2 is 1.70 bits per heavy atom. The zero-order chi connectivity index (χ0) is 24.0. The lowest BCUT2D eigenvalue weighted by atomic mass is 10.1. The molecule has 0 spiro atoms. The molecule has 3 aromatic rings. The first kappa shape index (κ1) is 24.1. The highest BCUT2D eigenvalue weighted by atomic mass is 35.5. The summed E-state index contributed by atoms with van der Waals surface area (Å²) in [6.45, 7) is 1.61. The number of hydrogen-bond donors (Lipinski definition) is 2. The lowest BCUT2D eigenvalue weighted by Crippen LogP contribution is -2.22. The fourth-order valence-corrected chi connectivity index (χ4v) is 3.24. The first-order valence-electron chi connectivity index (χ1n) is 9.75. The third-order valence-electron chi connectivity index (χ3n) is 4.50. The van der Waals surface area contributed by atoms with Crippen LogP contribution in [-0.4, -0.2) is 31.5 Å². The molecule has 33 heavy (non-hydrogen) atoms. The predicted molar refractivity (Wildman–Crippen MR) is 128 cm³/mol. The highest BCUT2D eigenvalue weighted by molar-refractivity contribution is 6.35. The van der Waals surface area contributed by atoms with Crippen molar-refractivity contribution in [2.75, 3.05) is 24.4 Å². The molecule has 3 aromatic carbocycles. The molecule has 2 amide bonds. The Hall–Kier alpha value is -3.55. The lowest BCUT2D eigenvalue weighted by molar-refractivity contribution is -0.118. The van der Waals surface area contributed by atoms with Crippen molar-refractivity contribution in [1.29, 1.82) is 0 Å². The molecule has 0 saturated carbocycles. The molecule has 0 bridgehead atoms. The Balaban J connectivity index is 1.79. The van der Waals surface area contributed by atoms with Crippen LogP contribution in [0.25, 0.3) is 0 Å². The van der Waals surface area contributed by atoms with Crippen molar-refractivity contribution in [3.8, 4) is 5.75 Å². The summed E-state index contributed by atoms with van der Waals surface area (Å²) in [4.78, 5) is 37.4. The van der Waals surface area contributed by atoms with Gasteiger partial charge < -0.3 is 20.1 Å². The lowest BCUT2D eigenvalue weighted by Gasteiger charge is -2.13. The number of ether oxygens (including phenoxy) is 2. The standard InChI is InChI=1S/C24H20Cl2N2O5/c1-14-4-3-5-17(10-14)33-13-22(29)27-20-11-15(6-8-18(20)24(31)32-2)23(30)28-21-12-16(25)7-9-19(21)26/h3-12H,13H2,1-2H3,(H,27,29)(H,28,30). The van der Waals surface area contributed by atoms with Gasteiger partial charge in [-0.05, 0) is 61.0 Å². The molecule has 170 valence electrons. The number of nitrogens with one attached hydrogen (secondary N) is 2. The van der Waals surface area contributed by atoms with Crippen LogP contribution in [0.15, 0.2) is 60.7 Å². The molecule has 0 fully saturated rings. The van der Waals surface area contributed by atoms with E-state index in [1.54, 1.807) is 24.3 Å². The molecule has 0 heterocycles. The summed E-state index contributed by atoms with van der Waals surface area (Å²) in [5, 5.41) is 5.96. The number of halogens is 2. The molecular weight excluding hydrogens is 467 g/mol. The van der Waals surface area contributed by atoms with Crippen LogP contribution in [0.2, 0.25) is 10.0 Å². The van der Waals surface area contributed by atoms with Crippen molar-refractivity contribution < 1.29 is 23.9 Å². The molecule has 3 rings (SSSR count). The maximum absolute atomic E-state index is 12.7. The van der Waals surface area contributed by atoms with Gasteiger partial charge in [0.1, 0.15) is 5.75 Å². The fraction of sp³-hybridized carbons (Fsp3) is 0.125. The maximum atomic E-state index is 12.7. The molecule has 2 N–H and O–H groups in total. The Kier molecular flexibility index (Phi) is 7.92. The molecule has 0 aliphatic rings. The Morgan fingerprint density at radius 3 is 2.42 bits per heavy atom. The summed E-state index contributed by atoms with van der Waals surface area (Å²) in [5.41, 5.74) is 1.67. The molecule has 7 nitrogen and oxygen atoms in total. The molecule has 0 aliphatic carbocycles. The van der Waals surface area contributed by atoms with Gasteiger partial charge in [0, 0.05) is 10.6 Å². The number of carbonyl (C=O) groups excluding carboxylic acids is 3. The Bertz CT molecular complexity index is 1210. The van der Waals surface area contributed by atoms with Gasteiger partial charge in [0.25, 0.3) is 11.8 Å². The number of anilines is 2. The van der Waals surface area contributed by atoms with Gasteiger partial charge >= 0.3 is 5.97 Å². The summed E-state index contributed by atoms with van der Waals surface area (Å²) in [7, 11) is 1.22. The first-order chi connectivity index (χ1) is 15.8. The van der Waals surface area contributed by atoms with Gasteiger partial charge in [0.15, 0.2) is 6.61 Å². The second-order valence-corrected chi connectivity index (χ2v) is 7.83. The largest absolute Gasteiger partial charge is 0.484 e. The number of methoxy groups -OCH3 is 1. The van der Waals surface area contributed by atoms with Crippen LogP contribution in [0.5, 0.6) is 5.75 Å². The average molecular weight is 487 g/mol. The van der Waals surface area contributed by atoms with Crippen molar-refractivity contribution in [3.05, 3.63) is 87.4 Å². The van der Waals surface area contributed by atoms with E-state index in [0.717, 1.165) is 5.56 Å². The van der Waals surface area contributed by atoms with E-state index in [9.17, 15) is 14.4 Å². The molecular formula is C24H20Cl2N2O5. The zero-order valence-electron chi connectivity index (χ0n) is 17.8. The Labute approximate surface area is 200 Å². The molecule has 0 atom stereocenters. The first-order valence-corrected chi connectivity index (χ1v) is 10.5. The van der Waals surface area contributed by atoms with Crippen LogP contribution in [0.3, 0.4) is 0 Å². The number of esters is 1. The van der Waals surface area contributed by atoms with Gasteiger partial charge in [-0.3, -0.25) is 9.59 Å². The normalized spacial score (nSPS) is 10.3. The molecule has 0 aliphatic heterocycles. The van der Waals surface area contributed by atoms with E-state index < -0.39 is 17.8 Å². The minimum Gasteiger partial charge on any atom is -0.484 e. The van der Waals surface area contributed by atoms with Gasteiger partial charge in [-0.2, -0.15) is 0 Å². The minimum atomic E-state index is -0.672. The van der Waals surface area contributed by atoms with Gasteiger partial charge in [-0.15, -0.1) is 0 Å². The van der Waals surface area contributed by atoms with Crippen LogP contribution in [0.1, 0.15) is 26.3 Å². The highest BCUT2D eigenvalue weighted by Gasteiger charge is 2.18. The molecule has 9 heteroatoms. The average Bonchev–Trinajstić information content (AvgIpc) is 2.79. The third-order valence-corrected chi connectivity index (χ3v) is 5.06. The van der Waals surface area contributed by atoms with Crippen LogP contribution < -0.4 is 15.4 Å². The SMILES string of the molecule is COC(=O)c1ccc(C(=O)Nc2cc(Cl)ccc2Cl)cc1NC(=O)COc1cccc(C)c1. The molecule has 0 radical (unpaired) electrons. The van der Waals surface area contributed by atoms with E-state index in [1.165, 1.54) is 31.4 Å². The fourth-order valence-electron chi connectivity index (χ4n) is 2.90. The van der Waals surface area contributed by atoms with E-state index in [4.69, 9.17) is 32.7 Å². The Morgan fingerprint density at radius 1 is 0.909 bits per heavy atom. The van der Waals surface area contributed by atoms with E-state index in [0.29, 0.717) is 21.5 Å². The maximum Gasteiger partial charge on any atom is 0.339 e. The number of carbonyl (C=O) groups is 3. The highest BCUT2D eigenvalue weighted by Crippen LogP contribution is 2.27. The van der Waals surface area contributed by atoms with Crippen molar-refractivity contribution in [3.63, 3.8) is 0 Å². The molecule has 0 unspecified atom stereocenters. The van der Waals surface area contributed by atoms with Crippen molar-refractivity contribution >= 4 is 52.4 Å². The van der Waals surface area contributed by atoms with Crippen molar-refractivity contribution in [1.82, 2.24) is 0 Å². The number of hydrogen-bond acceptors (Lipinski definition) is 5. The summed E-state index contributed by atoms with van der Waals surface area (Å²) < 4.78 is 10.3. The minimum absolute atomic E-state index is 0.0822. The second-order valence-electron chi connectivity index (χ2n) is 6.98. The number of aryl methyl sites for hydroxylation is 1. The number of rotatable bonds is 7. The molecule has 0 saturated heterocycles. The second kappa shape index (κ2) is 10.8. The summed E-state index contributed by atoms with van der Waals surface area (Å²) in [5.74, 6) is -1.17. The predicted octanol–water partition coefficient (Wildman–Crippen LogP) is 5.36. The van der Waals surface area contributed by atoms with Gasteiger partial charge in [0.2, 0.25) is 0 Å². The van der Waals surface area contributed by atoms with Gasteiger partial charge in [-0.1, -0.05) is 35.3 Å². The summed E-state index contributed by atoms with van der Waals surface area (Å²) in [6, 6.07) is 16.1. The smallest absolute Gasteiger partial charge is 0.339 e. The van der Waals surface area contributed by atoms with Crippen LogP contribution in [0.4, 0.5) is 11.4 Å².